The third kappa shape index (κ3) is 3.98. The Bertz CT molecular complexity index is 1290. The number of imide groups is 1. The Morgan fingerprint density at radius 3 is 2.47 bits per heavy atom. The predicted octanol–water partition coefficient (Wildman–Crippen LogP) is 3.21. The molecule has 3 heterocycles. The first-order valence-electron chi connectivity index (χ1n) is 9.14. The Morgan fingerprint density at radius 2 is 1.81 bits per heavy atom. The summed E-state index contributed by atoms with van der Waals surface area (Å²) in [5.41, 5.74) is -1.24. The standard InChI is InChI=1S/C20H14ClF3N4O4/c1-19(11-2-5-14(6-3-11)32-20(22,23)24)17(30)28(18(31)26-19)10-13-8-16(29)27-9-12(21)4-7-15(27)25-13/h2-9H,10H2,1H3,(H,26,31). The van der Waals surface area contributed by atoms with Crippen LogP contribution < -0.4 is 15.6 Å². The molecule has 1 fully saturated rings. The predicted molar refractivity (Wildman–Crippen MR) is 106 cm³/mol. The molecule has 1 unspecified atom stereocenters. The van der Waals surface area contributed by atoms with Crippen molar-refractivity contribution >= 4 is 29.2 Å². The van der Waals surface area contributed by atoms with Gasteiger partial charge in [0.25, 0.3) is 11.5 Å². The van der Waals surface area contributed by atoms with Crippen molar-refractivity contribution in [2.24, 2.45) is 0 Å². The summed E-state index contributed by atoms with van der Waals surface area (Å²) in [4.78, 5) is 43.1. The van der Waals surface area contributed by atoms with Gasteiger partial charge in [0.2, 0.25) is 0 Å². The molecular weight excluding hydrogens is 453 g/mol. The highest BCUT2D eigenvalue weighted by atomic mass is 35.5. The molecule has 1 atom stereocenters. The molecule has 1 saturated heterocycles. The van der Waals surface area contributed by atoms with E-state index in [0.29, 0.717) is 5.02 Å². The van der Waals surface area contributed by atoms with Gasteiger partial charge in [-0.05, 0) is 36.8 Å². The van der Waals surface area contributed by atoms with Crippen LogP contribution in [0.4, 0.5) is 18.0 Å². The molecule has 2 aromatic heterocycles. The van der Waals surface area contributed by atoms with Gasteiger partial charge >= 0.3 is 12.4 Å². The fourth-order valence-electron chi connectivity index (χ4n) is 3.40. The fourth-order valence-corrected chi connectivity index (χ4v) is 3.56. The van der Waals surface area contributed by atoms with Gasteiger partial charge in [0.05, 0.1) is 17.3 Å². The number of aromatic nitrogens is 2. The van der Waals surface area contributed by atoms with E-state index in [4.69, 9.17) is 11.6 Å². The zero-order chi connectivity index (χ0) is 23.3. The van der Waals surface area contributed by atoms with Crippen molar-refractivity contribution in [2.75, 3.05) is 0 Å². The number of alkyl halides is 3. The number of fused-ring (bicyclic) bond motifs is 1. The van der Waals surface area contributed by atoms with Crippen molar-refractivity contribution in [3.05, 3.63) is 75.3 Å². The molecule has 1 aromatic carbocycles. The Balaban J connectivity index is 1.59. The largest absolute Gasteiger partial charge is 0.573 e. The van der Waals surface area contributed by atoms with Crippen molar-refractivity contribution in [3.8, 4) is 5.75 Å². The lowest BCUT2D eigenvalue weighted by atomic mass is 9.92. The summed E-state index contributed by atoms with van der Waals surface area (Å²) in [7, 11) is 0. The normalized spacial score (nSPS) is 18.8. The van der Waals surface area contributed by atoms with Crippen molar-refractivity contribution in [2.45, 2.75) is 25.4 Å². The maximum atomic E-state index is 13.1. The van der Waals surface area contributed by atoms with Gasteiger partial charge in [-0.1, -0.05) is 23.7 Å². The highest BCUT2D eigenvalue weighted by Gasteiger charge is 2.49. The van der Waals surface area contributed by atoms with Crippen LogP contribution in [0.5, 0.6) is 5.75 Å². The molecule has 12 heteroatoms. The number of halogens is 4. The molecule has 32 heavy (non-hydrogen) atoms. The molecule has 0 spiro atoms. The lowest BCUT2D eigenvalue weighted by Crippen LogP contribution is -2.40. The molecule has 1 N–H and O–H groups in total. The number of urea groups is 1. The van der Waals surface area contributed by atoms with Crippen LogP contribution in [0.25, 0.3) is 5.65 Å². The van der Waals surface area contributed by atoms with E-state index < -0.39 is 35.1 Å². The van der Waals surface area contributed by atoms with Crippen LogP contribution in [0.3, 0.4) is 0 Å². The number of amides is 3. The van der Waals surface area contributed by atoms with E-state index in [0.717, 1.165) is 17.0 Å². The minimum absolute atomic E-state index is 0.180. The van der Waals surface area contributed by atoms with E-state index in [9.17, 15) is 27.6 Å². The van der Waals surface area contributed by atoms with Gasteiger partial charge in [-0.2, -0.15) is 0 Å². The molecule has 4 rings (SSSR count). The first-order valence-corrected chi connectivity index (χ1v) is 9.52. The van der Waals surface area contributed by atoms with Crippen LogP contribution in [-0.4, -0.2) is 32.6 Å². The first-order chi connectivity index (χ1) is 15.0. The number of carbonyl (C=O) groups excluding carboxylic acids is 2. The summed E-state index contributed by atoms with van der Waals surface area (Å²) >= 11 is 5.88. The summed E-state index contributed by atoms with van der Waals surface area (Å²) in [5, 5.41) is 2.88. The summed E-state index contributed by atoms with van der Waals surface area (Å²) in [5.74, 6) is -1.11. The second-order valence-electron chi connectivity index (χ2n) is 7.18. The van der Waals surface area contributed by atoms with Gasteiger partial charge in [-0.15, -0.1) is 13.2 Å². The van der Waals surface area contributed by atoms with Crippen LogP contribution in [0.15, 0.2) is 53.5 Å². The van der Waals surface area contributed by atoms with Crippen LogP contribution in [-0.2, 0) is 16.9 Å². The number of benzene rings is 1. The SMILES string of the molecule is CC1(c2ccc(OC(F)(F)F)cc2)NC(=O)N(Cc2cc(=O)n3cc(Cl)ccc3n2)C1=O. The lowest BCUT2D eigenvalue weighted by Gasteiger charge is -2.22. The monoisotopic (exact) mass is 466 g/mol. The highest BCUT2D eigenvalue weighted by molar-refractivity contribution is 6.30. The van der Waals surface area contributed by atoms with E-state index in [-0.39, 0.29) is 23.4 Å². The van der Waals surface area contributed by atoms with E-state index in [1.807, 2.05) is 0 Å². The number of rotatable bonds is 4. The average Bonchev–Trinajstić information content (AvgIpc) is 2.92. The summed E-state index contributed by atoms with van der Waals surface area (Å²) in [6, 6.07) is 8.13. The van der Waals surface area contributed by atoms with E-state index in [2.05, 4.69) is 15.0 Å². The third-order valence-electron chi connectivity index (χ3n) is 4.94. The molecule has 0 saturated carbocycles. The fraction of sp³-hybridized carbons (Fsp3) is 0.200. The third-order valence-corrected chi connectivity index (χ3v) is 5.16. The van der Waals surface area contributed by atoms with Crippen molar-refractivity contribution in [3.63, 3.8) is 0 Å². The topological polar surface area (TPSA) is 93.0 Å². The van der Waals surface area contributed by atoms with Gasteiger partial charge in [0.15, 0.2) is 0 Å². The number of pyridine rings is 1. The maximum Gasteiger partial charge on any atom is 0.573 e. The van der Waals surface area contributed by atoms with E-state index in [1.165, 1.54) is 41.8 Å². The minimum atomic E-state index is -4.85. The molecule has 8 nitrogen and oxygen atoms in total. The average molecular weight is 467 g/mol. The Hall–Kier alpha value is -3.60. The van der Waals surface area contributed by atoms with Gasteiger partial charge < -0.3 is 10.1 Å². The van der Waals surface area contributed by atoms with Gasteiger partial charge in [0.1, 0.15) is 16.9 Å². The number of hydrogen-bond acceptors (Lipinski definition) is 5. The number of nitrogens with zero attached hydrogens (tertiary/aromatic N) is 3. The molecule has 3 amide bonds. The number of nitrogens with one attached hydrogen (secondary N) is 1. The molecule has 166 valence electrons. The summed E-state index contributed by atoms with van der Waals surface area (Å²) < 4.78 is 42.1. The van der Waals surface area contributed by atoms with Gasteiger partial charge in [0, 0.05) is 12.3 Å². The quantitative estimate of drug-likeness (QED) is 0.596. The van der Waals surface area contributed by atoms with Gasteiger partial charge in [-0.25, -0.2) is 9.78 Å². The van der Waals surface area contributed by atoms with Crippen LogP contribution >= 0.6 is 11.6 Å². The Kier molecular flexibility index (Phi) is 5.08. The molecular formula is C20H14ClF3N4O4. The number of hydrogen-bond donors (Lipinski definition) is 1. The van der Waals surface area contributed by atoms with Crippen molar-refractivity contribution in [1.82, 2.24) is 19.6 Å². The summed E-state index contributed by atoms with van der Waals surface area (Å²) in [6.45, 7) is 1.15. The number of ether oxygens (including phenoxy) is 1. The second-order valence-corrected chi connectivity index (χ2v) is 7.62. The zero-order valence-corrected chi connectivity index (χ0v) is 17.1. The van der Waals surface area contributed by atoms with Crippen molar-refractivity contribution < 1.29 is 27.5 Å². The molecule has 3 aromatic rings. The molecule has 0 radical (unpaired) electrons. The van der Waals surface area contributed by atoms with E-state index >= 15 is 0 Å². The van der Waals surface area contributed by atoms with Crippen LogP contribution in [0, 0.1) is 0 Å². The van der Waals surface area contributed by atoms with Gasteiger partial charge in [-0.3, -0.25) is 18.9 Å². The molecule has 1 aliphatic heterocycles. The second kappa shape index (κ2) is 7.52. The lowest BCUT2D eigenvalue weighted by molar-refractivity contribution is -0.274. The highest BCUT2D eigenvalue weighted by Crippen LogP contribution is 2.32. The minimum Gasteiger partial charge on any atom is -0.406 e. The molecule has 1 aliphatic rings. The van der Waals surface area contributed by atoms with E-state index in [1.54, 1.807) is 6.07 Å². The van der Waals surface area contributed by atoms with Crippen LogP contribution in [0.1, 0.15) is 18.2 Å². The maximum absolute atomic E-state index is 13.1. The first kappa shape index (κ1) is 21.6. The van der Waals surface area contributed by atoms with Crippen LogP contribution in [0.2, 0.25) is 5.02 Å². The van der Waals surface area contributed by atoms with Crippen molar-refractivity contribution in [1.29, 1.82) is 0 Å². The Labute approximate surface area is 183 Å². The number of carbonyl (C=O) groups is 2. The zero-order valence-electron chi connectivity index (χ0n) is 16.3. The molecule has 0 aliphatic carbocycles. The Morgan fingerprint density at radius 1 is 1.12 bits per heavy atom. The summed E-state index contributed by atoms with van der Waals surface area (Å²) in [6.07, 6.45) is -3.45. The molecule has 0 bridgehead atoms. The smallest absolute Gasteiger partial charge is 0.406 e.